The first-order valence-electron chi connectivity index (χ1n) is 7.68. The molecule has 1 aliphatic heterocycles. The van der Waals surface area contributed by atoms with Crippen LogP contribution in [0.2, 0.25) is 0 Å². The van der Waals surface area contributed by atoms with Gasteiger partial charge in [0, 0.05) is 25.1 Å². The molecule has 7 nitrogen and oxygen atoms in total. The van der Waals surface area contributed by atoms with Gasteiger partial charge in [0.15, 0.2) is 0 Å². The standard InChI is InChI=1S/C16H19N3O4/c1-10-8-12(10)13-4-2-11(23-13)3-5-14(20)17-6-7-19-15(21)9-18-16(19)22/h2-5,10,12H,6-9H2,1H3,(H,17,20)(H,18,22)/b5-3+. The van der Waals surface area contributed by atoms with E-state index in [4.69, 9.17) is 4.42 Å². The Kier molecular flexibility index (Phi) is 4.18. The van der Waals surface area contributed by atoms with Crippen LogP contribution in [-0.2, 0) is 9.59 Å². The third kappa shape index (κ3) is 3.61. The van der Waals surface area contributed by atoms with E-state index in [2.05, 4.69) is 17.6 Å². The van der Waals surface area contributed by atoms with Gasteiger partial charge in [0.1, 0.15) is 11.5 Å². The van der Waals surface area contributed by atoms with Crippen LogP contribution >= 0.6 is 0 Å². The molecular weight excluding hydrogens is 298 g/mol. The van der Waals surface area contributed by atoms with E-state index < -0.39 is 6.03 Å². The SMILES string of the molecule is CC1CC1c1ccc(/C=C/C(=O)NCCN2C(=O)CNC2=O)o1. The Labute approximate surface area is 133 Å². The monoisotopic (exact) mass is 317 g/mol. The third-order valence-electron chi connectivity index (χ3n) is 4.09. The molecule has 122 valence electrons. The fraction of sp³-hybridized carbons (Fsp3) is 0.438. The van der Waals surface area contributed by atoms with Crippen molar-refractivity contribution in [2.45, 2.75) is 19.3 Å². The van der Waals surface area contributed by atoms with E-state index in [0.717, 1.165) is 17.1 Å². The number of rotatable bonds is 6. The van der Waals surface area contributed by atoms with Crippen LogP contribution in [0.3, 0.4) is 0 Å². The number of nitrogens with one attached hydrogen (secondary N) is 2. The lowest BCUT2D eigenvalue weighted by molar-refractivity contribution is -0.125. The Bertz CT molecular complexity index is 648. The molecule has 2 aliphatic rings. The third-order valence-corrected chi connectivity index (χ3v) is 4.09. The first-order chi connectivity index (χ1) is 11.0. The maximum absolute atomic E-state index is 11.7. The van der Waals surface area contributed by atoms with E-state index in [9.17, 15) is 14.4 Å². The zero-order chi connectivity index (χ0) is 16.4. The molecule has 2 unspecified atom stereocenters. The van der Waals surface area contributed by atoms with E-state index >= 15 is 0 Å². The van der Waals surface area contributed by atoms with Crippen molar-refractivity contribution in [3.8, 4) is 0 Å². The number of furan rings is 1. The minimum atomic E-state index is -0.419. The highest BCUT2D eigenvalue weighted by Crippen LogP contribution is 2.47. The molecule has 0 bridgehead atoms. The summed E-state index contributed by atoms with van der Waals surface area (Å²) in [5.74, 6) is 2.22. The molecule has 1 aromatic heterocycles. The summed E-state index contributed by atoms with van der Waals surface area (Å²) >= 11 is 0. The van der Waals surface area contributed by atoms with Gasteiger partial charge in [-0.15, -0.1) is 0 Å². The molecule has 7 heteroatoms. The van der Waals surface area contributed by atoms with Gasteiger partial charge in [0.25, 0.3) is 0 Å². The van der Waals surface area contributed by atoms with Crippen LogP contribution in [0.25, 0.3) is 6.08 Å². The second kappa shape index (κ2) is 6.28. The number of carbonyl (C=O) groups is 3. The van der Waals surface area contributed by atoms with Crippen molar-refractivity contribution in [1.82, 2.24) is 15.5 Å². The van der Waals surface area contributed by atoms with Crippen LogP contribution < -0.4 is 10.6 Å². The maximum Gasteiger partial charge on any atom is 0.324 e. The number of hydrogen-bond donors (Lipinski definition) is 2. The van der Waals surface area contributed by atoms with Gasteiger partial charge in [-0.3, -0.25) is 14.5 Å². The van der Waals surface area contributed by atoms with Gasteiger partial charge in [-0.05, 0) is 30.5 Å². The van der Waals surface area contributed by atoms with Crippen LogP contribution in [0.1, 0.15) is 30.8 Å². The largest absolute Gasteiger partial charge is 0.461 e. The fourth-order valence-electron chi connectivity index (χ4n) is 2.57. The molecule has 0 spiro atoms. The quantitative estimate of drug-likeness (QED) is 0.607. The van der Waals surface area contributed by atoms with E-state index in [1.165, 1.54) is 6.08 Å². The van der Waals surface area contributed by atoms with Crippen molar-refractivity contribution >= 4 is 23.9 Å². The highest BCUT2D eigenvalue weighted by molar-refractivity contribution is 6.02. The summed E-state index contributed by atoms with van der Waals surface area (Å²) < 4.78 is 5.67. The van der Waals surface area contributed by atoms with Crippen molar-refractivity contribution in [3.05, 3.63) is 29.7 Å². The van der Waals surface area contributed by atoms with E-state index in [1.54, 1.807) is 6.08 Å². The predicted octanol–water partition coefficient (Wildman–Crippen LogP) is 1.08. The number of carbonyl (C=O) groups excluding carboxylic acids is 3. The average Bonchev–Trinajstić information content (AvgIpc) is 2.94. The molecule has 0 aromatic carbocycles. The van der Waals surface area contributed by atoms with Crippen LogP contribution in [0, 0.1) is 5.92 Å². The Morgan fingerprint density at radius 2 is 2.26 bits per heavy atom. The van der Waals surface area contributed by atoms with Crippen molar-refractivity contribution in [3.63, 3.8) is 0 Å². The normalized spacial score (nSPS) is 23.4. The lowest BCUT2D eigenvalue weighted by atomic mass is 10.3. The fourth-order valence-corrected chi connectivity index (χ4v) is 2.57. The molecule has 1 aromatic rings. The molecule has 2 atom stereocenters. The Morgan fingerprint density at radius 3 is 2.91 bits per heavy atom. The zero-order valence-corrected chi connectivity index (χ0v) is 12.9. The minimum Gasteiger partial charge on any atom is -0.461 e. The summed E-state index contributed by atoms with van der Waals surface area (Å²) in [6, 6.07) is 3.37. The number of amides is 4. The topological polar surface area (TPSA) is 91.7 Å². The van der Waals surface area contributed by atoms with Crippen molar-refractivity contribution < 1.29 is 18.8 Å². The smallest absolute Gasteiger partial charge is 0.324 e. The second-order valence-electron chi connectivity index (χ2n) is 5.89. The van der Waals surface area contributed by atoms with Crippen molar-refractivity contribution in [2.24, 2.45) is 5.92 Å². The molecule has 1 saturated heterocycles. The van der Waals surface area contributed by atoms with Gasteiger partial charge in [-0.1, -0.05) is 6.92 Å². The number of urea groups is 1. The van der Waals surface area contributed by atoms with Gasteiger partial charge < -0.3 is 15.1 Å². The van der Waals surface area contributed by atoms with Crippen LogP contribution in [-0.4, -0.2) is 42.4 Å². The van der Waals surface area contributed by atoms with E-state index in [0.29, 0.717) is 17.6 Å². The van der Waals surface area contributed by atoms with Gasteiger partial charge in [0.05, 0.1) is 6.54 Å². The summed E-state index contributed by atoms with van der Waals surface area (Å²) in [6.07, 6.45) is 4.14. The summed E-state index contributed by atoms with van der Waals surface area (Å²) in [5.41, 5.74) is 0. The molecule has 2 fully saturated rings. The lowest BCUT2D eigenvalue weighted by Crippen LogP contribution is -2.38. The van der Waals surface area contributed by atoms with Crippen molar-refractivity contribution in [2.75, 3.05) is 19.6 Å². The van der Waals surface area contributed by atoms with Gasteiger partial charge >= 0.3 is 6.03 Å². The molecule has 2 N–H and O–H groups in total. The first-order valence-corrected chi connectivity index (χ1v) is 7.68. The highest BCUT2D eigenvalue weighted by Gasteiger charge is 2.36. The summed E-state index contributed by atoms with van der Waals surface area (Å²) in [7, 11) is 0. The van der Waals surface area contributed by atoms with Gasteiger partial charge in [0.2, 0.25) is 11.8 Å². The van der Waals surface area contributed by atoms with Crippen LogP contribution in [0.15, 0.2) is 22.6 Å². The Balaban J connectivity index is 1.43. The van der Waals surface area contributed by atoms with Crippen LogP contribution in [0.5, 0.6) is 0 Å². The minimum absolute atomic E-state index is 0.0210. The number of imide groups is 1. The average molecular weight is 317 g/mol. The molecule has 3 rings (SSSR count). The summed E-state index contributed by atoms with van der Waals surface area (Å²) in [6.45, 7) is 2.58. The molecule has 4 amide bonds. The molecule has 23 heavy (non-hydrogen) atoms. The number of hydrogen-bond acceptors (Lipinski definition) is 4. The first kappa shape index (κ1) is 15.3. The number of nitrogens with zero attached hydrogens (tertiary/aromatic N) is 1. The zero-order valence-electron chi connectivity index (χ0n) is 12.9. The molecule has 1 aliphatic carbocycles. The van der Waals surface area contributed by atoms with Crippen LogP contribution in [0.4, 0.5) is 4.79 Å². The highest BCUT2D eigenvalue weighted by atomic mass is 16.3. The van der Waals surface area contributed by atoms with Gasteiger partial charge in [-0.25, -0.2) is 4.79 Å². The Hall–Kier alpha value is -2.57. The van der Waals surface area contributed by atoms with E-state index in [1.807, 2.05) is 12.1 Å². The van der Waals surface area contributed by atoms with Gasteiger partial charge in [-0.2, -0.15) is 0 Å². The van der Waals surface area contributed by atoms with Crippen molar-refractivity contribution in [1.29, 1.82) is 0 Å². The molecular formula is C16H19N3O4. The lowest BCUT2D eigenvalue weighted by Gasteiger charge is -2.11. The predicted molar refractivity (Wildman–Crippen MR) is 82.4 cm³/mol. The maximum atomic E-state index is 11.7. The molecule has 1 saturated carbocycles. The second-order valence-corrected chi connectivity index (χ2v) is 5.89. The molecule has 0 radical (unpaired) electrons. The summed E-state index contributed by atoms with van der Waals surface area (Å²) in [5, 5.41) is 5.05. The Morgan fingerprint density at radius 1 is 1.48 bits per heavy atom. The molecule has 2 heterocycles. The van der Waals surface area contributed by atoms with E-state index in [-0.39, 0.29) is 31.4 Å². The summed E-state index contributed by atoms with van der Waals surface area (Å²) in [4.78, 5) is 35.5.